The van der Waals surface area contributed by atoms with Gasteiger partial charge in [-0.15, -0.1) is 0 Å². The van der Waals surface area contributed by atoms with Crippen molar-refractivity contribution in [2.45, 2.75) is 12.5 Å². The van der Waals surface area contributed by atoms with Crippen molar-refractivity contribution in [3.63, 3.8) is 0 Å². The topological polar surface area (TPSA) is 105 Å². The van der Waals surface area contributed by atoms with Gasteiger partial charge in [-0.25, -0.2) is 0 Å². The third-order valence-electron chi connectivity index (χ3n) is 4.21. The van der Waals surface area contributed by atoms with Crippen LogP contribution in [-0.2, 0) is 19.1 Å². The first-order chi connectivity index (χ1) is 14.4. The summed E-state index contributed by atoms with van der Waals surface area (Å²) in [4.78, 5) is 49.4. The Bertz CT molecular complexity index is 869. The Morgan fingerprint density at radius 3 is 2.13 bits per heavy atom. The van der Waals surface area contributed by atoms with E-state index in [2.05, 4.69) is 10.6 Å². The van der Waals surface area contributed by atoms with Gasteiger partial charge in [0.1, 0.15) is 0 Å². The Morgan fingerprint density at radius 2 is 1.53 bits per heavy atom. The minimum Gasteiger partial charge on any atom is -0.456 e. The highest BCUT2D eigenvalue weighted by Crippen LogP contribution is 2.18. The fourth-order valence-electron chi connectivity index (χ4n) is 2.52. The van der Waals surface area contributed by atoms with Gasteiger partial charge in [0.15, 0.2) is 6.61 Å². The van der Waals surface area contributed by atoms with Gasteiger partial charge in [0.05, 0.1) is 19.0 Å². The number of benzene rings is 2. The summed E-state index contributed by atoms with van der Waals surface area (Å²) in [5.74, 6) is -1.82. The number of carbonyl (C=O) groups excluding carboxylic acids is 4. The average molecular weight is 411 g/mol. The van der Waals surface area contributed by atoms with Gasteiger partial charge in [-0.05, 0) is 17.7 Å². The first-order valence-corrected chi connectivity index (χ1v) is 9.40. The summed E-state index contributed by atoms with van der Waals surface area (Å²) in [6.45, 7) is -0.684. The van der Waals surface area contributed by atoms with Crippen LogP contribution >= 0.6 is 0 Å². The molecule has 0 aromatic heterocycles. The molecule has 158 valence electrons. The first kappa shape index (κ1) is 22.6. The second kappa shape index (κ2) is 11.4. The molecule has 8 nitrogen and oxygen atoms in total. The molecule has 30 heavy (non-hydrogen) atoms. The van der Waals surface area contributed by atoms with Crippen LogP contribution in [0.2, 0.25) is 0 Å². The van der Waals surface area contributed by atoms with E-state index in [0.29, 0.717) is 5.56 Å². The minimum atomic E-state index is -0.647. The number of hydrogen-bond acceptors (Lipinski definition) is 5. The third kappa shape index (κ3) is 7.38. The molecule has 0 radical (unpaired) electrons. The molecular weight excluding hydrogens is 386 g/mol. The van der Waals surface area contributed by atoms with Crippen molar-refractivity contribution < 1.29 is 23.9 Å². The maximum absolute atomic E-state index is 12.5. The predicted octanol–water partition coefficient (Wildman–Crippen LogP) is 1.30. The lowest BCUT2D eigenvalue weighted by molar-refractivity contribution is -0.149. The molecule has 0 saturated heterocycles. The summed E-state index contributed by atoms with van der Waals surface area (Å²) in [7, 11) is 3.14. The van der Waals surface area contributed by atoms with Crippen molar-refractivity contribution in [2.75, 3.05) is 27.2 Å². The van der Waals surface area contributed by atoms with Crippen LogP contribution in [0.3, 0.4) is 0 Å². The summed E-state index contributed by atoms with van der Waals surface area (Å²) < 4.78 is 5.01. The van der Waals surface area contributed by atoms with Crippen molar-refractivity contribution in [1.29, 1.82) is 0 Å². The molecule has 2 aromatic carbocycles. The number of likely N-dealkylation sites (N-methyl/N-ethyl adjacent to an activating group) is 1. The lowest BCUT2D eigenvalue weighted by Crippen LogP contribution is -2.38. The molecule has 3 amide bonds. The number of nitrogens with one attached hydrogen (secondary N) is 2. The largest absolute Gasteiger partial charge is 0.456 e. The van der Waals surface area contributed by atoms with Gasteiger partial charge >= 0.3 is 5.97 Å². The zero-order valence-electron chi connectivity index (χ0n) is 17.0. The van der Waals surface area contributed by atoms with E-state index in [1.807, 2.05) is 6.07 Å². The van der Waals surface area contributed by atoms with Crippen molar-refractivity contribution in [3.05, 3.63) is 71.8 Å². The van der Waals surface area contributed by atoms with E-state index in [0.717, 1.165) is 5.56 Å². The highest BCUT2D eigenvalue weighted by atomic mass is 16.5. The Labute approximate surface area is 175 Å². The van der Waals surface area contributed by atoms with E-state index in [9.17, 15) is 19.2 Å². The first-order valence-electron chi connectivity index (χ1n) is 9.40. The molecule has 0 saturated carbocycles. The Kier molecular flexibility index (Phi) is 8.56. The van der Waals surface area contributed by atoms with Crippen LogP contribution in [0.4, 0.5) is 0 Å². The monoisotopic (exact) mass is 411 g/mol. The van der Waals surface area contributed by atoms with E-state index in [1.165, 1.54) is 4.90 Å². The molecule has 2 aromatic rings. The predicted molar refractivity (Wildman–Crippen MR) is 110 cm³/mol. The molecule has 2 rings (SSSR count). The summed E-state index contributed by atoms with van der Waals surface area (Å²) in [5, 5.41) is 5.21. The summed E-state index contributed by atoms with van der Waals surface area (Å²) in [5.41, 5.74) is 1.21. The van der Waals surface area contributed by atoms with Gasteiger partial charge in [0, 0.05) is 19.7 Å². The van der Waals surface area contributed by atoms with E-state index in [1.54, 1.807) is 68.7 Å². The second-order valence-electron chi connectivity index (χ2n) is 6.73. The standard InChI is InChI=1S/C22H25N3O5/c1-25(2)20(27)14-23-19(26)15-30-21(28)13-18(16-9-5-3-6-10-16)24-22(29)17-11-7-4-8-12-17/h3-12,18H,13-15H2,1-2H3,(H,23,26)(H,24,29)/t18-/m0/s1. The average Bonchev–Trinajstić information content (AvgIpc) is 2.76. The van der Waals surface area contributed by atoms with Crippen molar-refractivity contribution in [3.8, 4) is 0 Å². The highest BCUT2D eigenvalue weighted by molar-refractivity contribution is 5.94. The fourth-order valence-corrected chi connectivity index (χ4v) is 2.52. The van der Waals surface area contributed by atoms with Crippen LogP contribution in [0.1, 0.15) is 28.4 Å². The minimum absolute atomic E-state index is 0.146. The number of hydrogen-bond donors (Lipinski definition) is 2. The van der Waals surface area contributed by atoms with E-state index < -0.39 is 24.5 Å². The number of carbonyl (C=O) groups is 4. The molecule has 0 bridgehead atoms. The Balaban J connectivity index is 1.93. The number of ether oxygens (including phenoxy) is 1. The molecule has 0 aliphatic heterocycles. The third-order valence-corrected chi connectivity index (χ3v) is 4.21. The second-order valence-corrected chi connectivity index (χ2v) is 6.73. The zero-order valence-corrected chi connectivity index (χ0v) is 17.0. The van der Waals surface area contributed by atoms with Crippen LogP contribution in [0.15, 0.2) is 60.7 Å². The van der Waals surface area contributed by atoms with Gasteiger partial charge in [-0.3, -0.25) is 19.2 Å². The SMILES string of the molecule is CN(C)C(=O)CNC(=O)COC(=O)C[C@H](NC(=O)c1ccccc1)c1ccccc1. The fraction of sp³-hybridized carbons (Fsp3) is 0.273. The maximum atomic E-state index is 12.5. The molecule has 0 spiro atoms. The van der Waals surface area contributed by atoms with Crippen LogP contribution in [-0.4, -0.2) is 55.8 Å². The highest BCUT2D eigenvalue weighted by Gasteiger charge is 2.20. The van der Waals surface area contributed by atoms with Crippen LogP contribution in [0.5, 0.6) is 0 Å². The van der Waals surface area contributed by atoms with Gasteiger partial charge in [-0.1, -0.05) is 48.5 Å². The molecular formula is C22H25N3O5. The zero-order chi connectivity index (χ0) is 21.9. The van der Waals surface area contributed by atoms with Crippen molar-refractivity contribution >= 4 is 23.7 Å². The molecule has 0 unspecified atom stereocenters. The molecule has 0 fully saturated rings. The molecule has 0 aliphatic carbocycles. The van der Waals surface area contributed by atoms with Gasteiger partial charge in [0.2, 0.25) is 5.91 Å². The van der Waals surface area contributed by atoms with E-state index in [4.69, 9.17) is 4.74 Å². The van der Waals surface area contributed by atoms with Crippen molar-refractivity contribution in [2.24, 2.45) is 0 Å². The summed E-state index contributed by atoms with van der Waals surface area (Å²) >= 11 is 0. The number of esters is 1. The molecule has 0 heterocycles. The van der Waals surface area contributed by atoms with Crippen LogP contribution in [0, 0.1) is 0 Å². The van der Waals surface area contributed by atoms with Gasteiger partial charge < -0.3 is 20.3 Å². The van der Waals surface area contributed by atoms with Gasteiger partial charge in [0.25, 0.3) is 11.8 Å². The number of amides is 3. The lowest BCUT2D eigenvalue weighted by Gasteiger charge is -2.19. The quantitative estimate of drug-likeness (QED) is 0.605. The maximum Gasteiger partial charge on any atom is 0.308 e. The smallest absolute Gasteiger partial charge is 0.308 e. The Morgan fingerprint density at radius 1 is 0.933 bits per heavy atom. The molecule has 0 aliphatic rings. The van der Waals surface area contributed by atoms with E-state index >= 15 is 0 Å². The molecule has 2 N–H and O–H groups in total. The number of rotatable bonds is 9. The normalized spacial score (nSPS) is 11.1. The molecule has 8 heteroatoms. The van der Waals surface area contributed by atoms with Crippen LogP contribution < -0.4 is 10.6 Å². The lowest BCUT2D eigenvalue weighted by atomic mass is 10.0. The van der Waals surface area contributed by atoms with E-state index in [-0.39, 0.29) is 24.8 Å². The van der Waals surface area contributed by atoms with Crippen LogP contribution in [0.25, 0.3) is 0 Å². The van der Waals surface area contributed by atoms with Gasteiger partial charge in [-0.2, -0.15) is 0 Å². The summed E-state index contributed by atoms with van der Waals surface area (Å²) in [6.07, 6.45) is -0.146. The Hall–Kier alpha value is -3.68. The number of nitrogens with zero attached hydrogens (tertiary/aromatic N) is 1. The molecule has 1 atom stereocenters. The summed E-state index contributed by atoms with van der Waals surface area (Å²) in [6, 6.07) is 17.1. The van der Waals surface area contributed by atoms with Crippen molar-refractivity contribution in [1.82, 2.24) is 15.5 Å².